The van der Waals surface area contributed by atoms with Crippen LogP contribution in [-0.4, -0.2) is 59.9 Å². The van der Waals surface area contributed by atoms with Crippen LogP contribution in [0.5, 0.6) is 0 Å². The number of esters is 2. The third-order valence-corrected chi connectivity index (χ3v) is 11.1. The Hall–Kier alpha value is -2.04. The van der Waals surface area contributed by atoms with Crippen LogP contribution in [0.4, 0.5) is 0 Å². The van der Waals surface area contributed by atoms with E-state index >= 15 is 0 Å². The molecule has 0 aromatic carbocycles. The van der Waals surface area contributed by atoms with Gasteiger partial charge < -0.3 is 25.2 Å². The van der Waals surface area contributed by atoms with Crippen molar-refractivity contribution in [2.45, 2.75) is 231 Å². The highest BCUT2D eigenvalue weighted by atomic mass is 31.2. The number of phosphoric acid groups is 1. The summed E-state index contributed by atoms with van der Waals surface area (Å²) < 4.78 is 32.7. The Bertz CT molecular complexity index is 1080. The van der Waals surface area contributed by atoms with Gasteiger partial charge in [-0.05, 0) is 64.2 Å². The van der Waals surface area contributed by atoms with Gasteiger partial charge >= 0.3 is 25.7 Å². The van der Waals surface area contributed by atoms with Crippen molar-refractivity contribution in [3.63, 3.8) is 0 Å². The van der Waals surface area contributed by atoms with Gasteiger partial charge in [0, 0.05) is 12.8 Å². The summed E-state index contributed by atoms with van der Waals surface area (Å²) in [5, 5.41) is 8.90. The second-order valence-corrected chi connectivity index (χ2v) is 17.3. The Balaban J connectivity index is 4.32. The Kier molecular flexibility index (Phi) is 40.2. The highest BCUT2D eigenvalue weighted by molar-refractivity contribution is 7.47. The molecule has 0 spiro atoms. The smallest absolute Gasteiger partial charge is 0.472 e. The molecule has 0 aromatic heterocycles. The molecule has 12 heteroatoms. The third-order valence-electron chi connectivity index (χ3n) is 10.2. The zero-order valence-corrected chi connectivity index (χ0v) is 37.8. The molecule has 0 saturated heterocycles. The van der Waals surface area contributed by atoms with Crippen LogP contribution >= 0.6 is 7.82 Å². The number of carbonyl (C=O) groups excluding carboxylic acids is 2. The maximum Gasteiger partial charge on any atom is 0.472 e. The first-order valence-electron chi connectivity index (χ1n) is 23.4. The molecule has 0 aliphatic rings. The van der Waals surface area contributed by atoms with Crippen LogP contribution in [0.25, 0.3) is 0 Å². The lowest BCUT2D eigenvalue weighted by Crippen LogP contribution is -2.34. The van der Waals surface area contributed by atoms with E-state index in [0.29, 0.717) is 12.8 Å². The third kappa shape index (κ3) is 40.7. The molecule has 58 heavy (non-hydrogen) atoms. The first-order chi connectivity index (χ1) is 28.1. The number of allylic oxidation sites excluding steroid dienone is 4. The van der Waals surface area contributed by atoms with Gasteiger partial charge in [0.15, 0.2) is 6.10 Å². The predicted octanol–water partition coefficient (Wildman–Crippen LogP) is 12.6. The number of hydrogen-bond donors (Lipinski definition) is 3. The summed E-state index contributed by atoms with van der Waals surface area (Å²) >= 11 is 0. The number of unbranched alkanes of at least 4 members (excludes halogenated alkanes) is 26. The average molecular weight is 844 g/mol. The summed E-state index contributed by atoms with van der Waals surface area (Å²) in [6.07, 6.45) is 43.8. The lowest BCUT2D eigenvalue weighted by Gasteiger charge is -2.20. The summed E-state index contributed by atoms with van der Waals surface area (Å²) in [5.41, 5.74) is 5.34. The second-order valence-electron chi connectivity index (χ2n) is 15.9. The number of ether oxygens (including phenoxy) is 2. The molecule has 3 atom stereocenters. The summed E-state index contributed by atoms with van der Waals surface area (Å²) in [7, 11) is -4.72. The largest absolute Gasteiger partial charge is 0.480 e. The van der Waals surface area contributed by atoms with Crippen molar-refractivity contribution in [2.75, 3.05) is 19.8 Å². The van der Waals surface area contributed by atoms with Crippen LogP contribution in [0.15, 0.2) is 24.3 Å². The Morgan fingerprint density at radius 1 is 0.517 bits per heavy atom. The highest BCUT2D eigenvalue weighted by Gasteiger charge is 2.28. The van der Waals surface area contributed by atoms with Crippen LogP contribution in [-0.2, 0) is 37.5 Å². The number of carboxylic acid groups (broad SMARTS) is 1. The first kappa shape index (κ1) is 56.0. The second kappa shape index (κ2) is 41.7. The molecule has 0 aromatic rings. The van der Waals surface area contributed by atoms with E-state index in [4.69, 9.17) is 24.8 Å². The lowest BCUT2D eigenvalue weighted by molar-refractivity contribution is -0.161. The van der Waals surface area contributed by atoms with Crippen LogP contribution < -0.4 is 5.73 Å². The molecule has 1 unspecified atom stereocenters. The van der Waals surface area contributed by atoms with Gasteiger partial charge in [-0.25, -0.2) is 4.57 Å². The predicted molar refractivity (Wildman–Crippen MR) is 236 cm³/mol. The average Bonchev–Trinajstić information content (AvgIpc) is 3.20. The van der Waals surface area contributed by atoms with Crippen LogP contribution in [0.2, 0.25) is 0 Å². The topological polar surface area (TPSA) is 172 Å². The number of phosphoric ester groups is 1. The highest BCUT2D eigenvalue weighted by Crippen LogP contribution is 2.43. The molecule has 0 bridgehead atoms. The molecule has 0 amide bonds. The van der Waals surface area contributed by atoms with Crippen molar-refractivity contribution in [3.8, 4) is 0 Å². The molecule has 0 heterocycles. The van der Waals surface area contributed by atoms with Crippen molar-refractivity contribution >= 4 is 25.7 Å². The summed E-state index contributed by atoms with van der Waals surface area (Å²) in [6.45, 7) is 2.81. The van der Waals surface area contributed by atoms with E-state index in [1.807, 2.05) is 0 Å². The zero-order valence-electron chi connectivity index (χ0n) is 36.9. The summed E-state index contributed by atoms with van der Waals surface area (Å²) in [6, 6.07) is -1.52. The SMILES string of the molecule is CCCCCCCC/C=C\CCCCCCCC(=O)OC[C@H](COP(=O)(O)OC[C@H](N)C(=O)O)OC(=O)CCCCCCCCC/C=C\CCCCCCCCCC. The van der Waals surface area contributed by atoms with Gasteiger partial charge in [-0.15, -0.1) is 0 Å². The first-order valence-corrected chi connectivity index (χ1v) is 24.9. The molecular weight excluding hydrogens is 757 g/mol. The number of nitrogens with two attached hydrogens (primary N) is 1. The number of carboxylic acids is 1. The van der Waals surface area contributed by atoms with Gasteiger partial charge in [0.1, 0.15) is 12.6 Å². The van der Waals surface area contributed by atoms with Crippen molar-refractivity contribution < 1.29 is 47.5 Å². The van der Waals surface area contributed by atoms with Gasteiger partial charge in [-0.2, -0.15) is 0 Å². The molecule has 0 fully saturated rings. The Morgan fingerprint density at radius 2 is 0.862 bits per heavy atom. The van der Waals surface area contributed by atoms with Crippen molar-refractivity contribution in [1.82, 2.24) is 0 Å². The number of carbonyl (C=O) groups is 3. The minimum atomic E-state index is -4.72. The normalized spacial score (nSPS) is 13.9. The number of rotatable bonds is 44. The van der Waals surface area contributed by atoms with Crippen molar-refractivity contribution in [2.24, 2.45) is 5.73 Å². The Labute approximate surface area is 353 Å². The molecule has 0 rings (SSSR count). The standard InChI is InChI=1S/C46H86NO10P/c1-3-5-7-9-11-13-15-17-19-20-21-22-24-26-28-30-32-34-36-38-45(49)57-42(40-55-58(52,53)56-41-43(47)46(50)51)39-54-44(48)37-35-33-31-29-27-25-23-18-16-14-12-10-8-6-4-2/h18,20-21,23,42-43H,3-17,19,22,24-41,47H2,1-2H3,(H,50,51)(H,52,53)/b21-20-,23-18-/t42-,43+/m1/s1. The van der Waals surface area contributed by atoms with E-state index in [-0.39, 0.29) is 19.4 Å². The van der Waals surface area contributed by atoms with Crippen LogP contribution in [0.1, 0.15) is 219 Å². The van der Waals surface area contributed by atoms with Gasteiger partial charge in [0.05, 0.1) is 13.2 Å². The number of aliphatic carboxylic acids is 1. The molecular formula is C46H86NO10P. The molecule has 0 saturated carbocycles. The van der Waals surface area contributed by atoms with E-state index in [2.05, 4.69) is 42.7 Å². The molecule has 0 aliphatic carbocycles. The fourth-order valence-corrected chi connectivity index (χ4v) is 7.24. The molecule has 4 N–H and O–H groups in total. The van der Waals surface area contributed by atoms with E-state index < -0.39 is 51.1 Å². The van der Waals surface area contributed by atoms with E-state index in [9.17, 15) is 23.8 Å². The Morgan fingerprint density at radius 3 is 1.26 bits per heavy atom. The lowest BCUT2D eigenvalue weighted by atomic mass is 10.1. The van der Waals surface area contributed by atoms with Crippen molar-refractivity contribution in [3.05, 3.63) is 24.3 Å². The molecule has 0 aliphatic heterocycles. The van der Waals surface area contributed by atoms with Gasteiger partial charge in [-0.3, -0.25) is 23.4 Å². The van der Waals surface area contributed by atoms with E-state index in [0.717, 1.165) is 64.2 Å². The van der Waals surface area contributed by atoms with Crippen LogP contribution in [0.3, 0.4) is 0 Å². The zero-order chi connectivity index (χ0) is 42.8. The van der Waals surface area contributed by atoms with Gasteiger partial charge in [0.2, 0.25) is 0 Å². The fraction of sp³-hybridized carbons (Fsp3) is 0.848. The molecule has 11 nitrogen and oxygen atoms in total. The van der Waals surface area contributed by atoms with E-state index in [1.54, 1.807) is 0 Å². The minimum Gasteiger partial charge on any atom is -0.480 e. The van der Waals surface area contributed by atoms with Gasteiger partial charge in [-0.1, -0.05) is 167 Å². The molecule has 340 valence electrons. The maximum atomic E-state index is 12.7. The quantitative estimate of drug-likeness (QED) is 0.0231. The summed E-state index contributed by atoms with van der Waals surface area (Å²) in [5.74, 6) is -2.39. The fourth-order valence-electron chi connectivity index (χ4n) is 6.47. The van der Waals surface area contributed by atoms with Crippen molar-refractivity contribution in [1.29, 1.82) is 0 Å². The maximum absolute atomic E-state index is 12.7. The van der Waals surface area contributed by atoms with Crippen LogP contribution in [0, 0.1) is 0 Å². The van der Waals surface area contributed by atoms with E-state index in [1.165, 1.54) is 116 Å². The minimum absolute atomic E-state index is 0.157. The van der Waals surface area contributed by atoms with Gasteiger partial charge in [0.25, 0.3) is 0 Å². The summed E-state index contributed by atoms with van der Waals surface area (Å²) in [4.78, 5) is 46.0. The molecule has 0 radical (unpaired) electrons. The number of hydrogen-bond acceptors (Lipinski definition) is 9. The monoisotopic (exact) mass is 844 g/mol.